The van der Waals surface area contributed by atoms with Crippen LogP contribution in [-0.4, -0.2) is 33.1 Å². The number of carbonyl (C=O) groups is 2. The number of nitrogens with one attached hydrogen (secondary N) is 2. The molecule has 1 aromatic carbocycles. The second-order valence-corrected chi connectivity index (χ2v) is 4.70. The van der Waals surface area contributed by atoms with E-state index in [2.05, 4.69) is 16.9 Å². The summed E-state index contributed by atoms with van der Waals surface area (Å²) in [5.41, 5.74) is 1.51. The number of carboxylic acids is 1. The summed E-state index contributed by atoms with van der Waals surface area (Å²) in [6, 6.07) is 3.79. The molecule has 21 heavy (non-hydrogen) atoms. The van der Waals surface area contributed by atoms with Crippen LogP contribution in [0.3, 0.4) is 0 Å². The summed E-state index contributed by atoms with van der Waals surface area (Å²) >= 11 is 0. The Kier molecular flexibility index (Phi) is 4.27. The number of aromatic nitrogens is 1. The Balaban J connectivity index is 2.22. The molecule has 6 nitrogen and oxygen atoms in total. The summed E-state index contributed by atoms with van der Waals surface area (Å²) in [6.07, 6.45) is 3.29. The van der Waals surface area contributed by atoms with E-state index in [1.165, 1.54) is 6.08 Å². The molecule has 0 aliphatic carbocycles. The molecule has 1 atom stereocenters. The smallest absolute Gasteiger partial charge is 0.326 e. The molecule has 1 amide bonds. The Morgan fingerprint density at radius 3 is 2.86 bits per heavy atom. The molecule has 6 heteroatoms. The summed E-state index contributed by atoms with van der Waals surface area (Å²) < 4.78 is 0. The molecule has 1 aromatic heterocycles. The van der Waals surface area contributed by atoms with Crippen molar-refractivity contribution in [1.82, 2.24) is 10.3 Å². The zero-order valence-corrected chi connectivity index (χ0v) is 11.3. The highest BCUT2D eigenvalue weighted by atomic mass is 16.4. The number of carbonyl (C=O) groups excluding carboxylic acids is 1. The summed E-state index contributed by atoms with van der Waals surface area (Å²) in [4.78, 5) is 25.8. The summed E-state index contributed by atoms with van der Waals surface area (Å²) in [5.74, 6) is -1.40. The molecule has 0 bridgehead atoms. The van der Waals surface area contributed by atoms with E-state index in [1.807, 2.05) is 0 Å². The second-order valence-electron chi connectivity index (χ2n) is 4.70. The first-order valence-electron chi connectivity index (χ1n) is 6.43. The number of phenolic OH excluding ortho intramolecular Hbond substituents is 1. The van der Waals surface area contributed by atoms with Crippen molar-refractivity contribution < 1.29 is 19.8 Å². The number of hydrogen-bond donors (Lipinski definition) is 4. The van der Waals surface area contributed by atoms with Gasteiger partial charge in [0.1, 0.15) is 11.8 Å². The minimum absolute atomic E-state index is 0.0679. The van der Waals surface area contributed by atoms with Crippen LogP contribution in [-0.2, 0) is 16.0 Å². The molecule has 0 saturated carbocycles. The van der Waals surface area contributed by atoms with Gasteiger partial charge in [-0.2, -0.15) is 0 Å². The van der Waals surface area contributed by atoms with Gasteiger partial charge in [0.25, 0.3) is 0 Å². The molecule has 0 aliphatic heterocycles. The van der Waals surface area contributed by atoms with Gasteiger partial charge in [0, 0.05) is 29.9 Å². The molecule has 110 valence electrons. The molecular formula is C15H16N2O4. The topological polar surface area (TPSA) is 102 Å². The van der Waals surface area contributed by atoms with Crippen molar-refractivity contribution in [2.24, 2.45) is 0 Å². The highest BCUT2D eigenvalue weighted by molar-refractivity contribution is 5.87. The Hall–Kier alpha value is -2.76. The maximum atomic E-state index is 11.5. The lowest BCUT2D eigenvalue weighted by atomic mass is 10.0. The van der Waals surface area contributed by atoms with Crippen molar-refractivity contribution in [2.45, 2.75) is 18.9 Å². The van der Waals surface area contributed by atoms with Gasteiger partial charge in [-0.05, 0) is 23.8 Å². The minimum Gasteiger partial charge on any atom is -0.508 e. The third-order valence-electron chi connectivity index (χ3n) is 3.14. The number of H-pyrrole nitrogens is 1. The van der Waals surface area contributed by atoms with Crippen LogP contribution in [0, 0.1) is 0 Å². The van der Waals surface area contributed by atoms with Crippen LogP contribution >= 0.6 is 0 Å². The van der Waals surface area contributed by atoms with Crippen molar-refractivity contribution in [2.75, 3.05) is 0 Å². The van der Waals surface area contributed by atoms with Gasteiger partial charge in [0.2, 0.25) is 5.91 Å². The summed E-state index contributed by atoms with van der Waals surface area (Å²) in [5, 5.41) is 21.9. The van der Waals surface area contributed by atoms with Gasteiger partial charge in [-0.25, -0.2) is 4.79 Å². The average Bonchev–Trinajstić information content (AvgIpc) is 2.80. The van der Waals surface area contributed by atoms with E-state index < -0.39 is 12.0 Å². The molecule has 0 aliphatic rings. The highest BCUT2D eigenvalue weighted by Gasteiger charge is 2.21. The van der Waals surface area contributed by atoms with Crippen LogP contribution in [0.5, 0.6) is 5.75 Å². The van der Waals surface area contributed by atoms with Crippen molar-refractivity contribution in [3.05, 3.63) is 42.6 Å². The molecule has 0 fully saturated rings. The number of rotatable bonds is 6. The van der Waals surface area contributed by atoms with Crippen LogP contribution < -0.4 is 5.32 Å². The predicted molar refractivity (Wildman–Crippen MR) is 78.0 cm³/mol. The number of aromatic hydroxyl groups is 1. The number of aliphatic carboxylic acids is 1. The van der Waals surface area contributed by atoms with E-state index in [0.717, 1.165) is 10.9 Å². The van der Waals surface area contributed by atoms with Crippen LogP contribution in [0.15, 0.2) is 37.1 Å². The zero-order valence-electron chi connectivity index (χ0n) is 11.3. The molecule has 0 spiro atoms. The SMILES string of the molecule is C=CCC(=O)N[C@@H](Cc1c[nH]c2ccc(O)cc12)C(=O)O. The van der Waals surface area contributed by atoms with E-state index in [1.54, 1.807) is 24.4 Å². The van der Waals surface area contributed by atoms with Gasteiger partial charge in [-0.15, -0.1) is 6.58 Å². The lowest BCUT2D eigenvalue weighted by Gasteiger charge is -2.13. The molecule has 0 radical (unpaired) electrons. The number of fused-ring (bicyclic) bond motifs is 1. The molecule has 0 unspecified atom stereocenters. The zero-order chi connectivity index (χ0) is 15.4. The van der Waals surface area contributed by atoms with E-state index >= 15 is 0 Å². The summed E-state index contributed by atoms with van der Waals surface area (Å²) in [6.45, 7) is 3.44. The van der Waals surface area contributed by atoms with Crippen LogP contribution in [0.25, 0.3) is 10.9 Å². The lowest BCUT2D eigenvalue weighted by molar-refractivity contribution is -0.141. The first-order chi connectivity index (χ1) is 10.0. The first-order valence-corrected chi connectivity index (χ1v) is 6.43. The van der Waals surface area contributed by atoms with Crippen LogP contribution in [0.1, 0.15) is 12.0 Å². The molecular weight excluding hydrogens is 272 g/mol. The number of aromatic amines is 1. The average molecular weight is 288 g/mol. The van der Waals surface area contributed by atoms with E-state index in [0.29, 0.717) is 5.56 Å². The Bertz CT molecular complexity index is 690. The molecule has 1 heterocycles. The van der Waals surface area contributed by atoms with Gasteiger partial charge >= 0.3 is 5.97 Å². The molecule has 2 rings (SSSR count). The van der Waals surface area contributed by atoms with E-state index in [-0.39, 0.29) is 24.5 Å². The van der Waals surface area contributed by atoms with Gasteiger partial charge in [-0.1, -0.05) is 6.08 Å². The number of phenols is 1. The minimum atomic E-state index is -1.11. The Morgan fingerprint density at radius 1 is 1.43 bits per heavy atom. The van der Waals surface area contributed by atoms with Crippen molar-refractivity contribution in [3.63, 3.8) is 0 Å². The lowest BCUT2D eigenvalue weighted by Crippen LogP contribution is -2.42. The third kappa shape index (κ3) is 3.42. The first kappa shape index (κ1) is 14.6. The second kappa shape index (κ2) is 6.13. The Morgan fingerprint density at radius 2 is 2.19 bits per heavy atom. The van der Waals surface area contributed by atoms with Gasteiger partial charge < -0.3 is 20.5 Å². The van der Waals surface area contributed by atoms with Gasteiger partial charge in [0.05, 0.1) is 0 Å². The standard InChI is InChI=1S/C15H16N2O4/c1-2-3-14(19)17-13(15(20)21)6-9-8-16-12-5-4-10(18)7-11(9)12/h2,4-5,7-8,13,16,18H,1,3,6H2,(H,17,19)(H,20,21)/t13-/m0/s1. The predicted octanol–water partition coefficient (Wildman–Crippen LogP) is 1.56. The Labute approximate surface area is 121 Å². The van der Waals surface area contributed by atoms with E-state index in [4.69, 9.17) is 0 Å². The molecule has 4 N–H and O–H groups in total. The third-order valence-corrected chi connectivity index (χ3v) is 3.14. The highest BCUT2D eigenvalue weighted by Crippen LogP contribution is 2.23. The van der Waals surface area contributed by atoms with Crippen molar-refractivity contribution in [1.29, 1.82) is 0 Å². The van der Waals surface area contributed by atoms with Crippen LogP contribution in [0.4, 0.5) is 0 Å². The maximum absolute atomic E-state index is 11.5. The fourth-order valence-electron chi connectivity index (χ4n) is 2.14. The largest absolute Gasteiger partial charge is 0.508 e. The number of hydrogen-bond acceptors (Lipinski definition) is 3. The number of amides is 1. The summed E-state index contributed by atoms with van der Waals surface area (Å²) in [7, 11) is 0. The molecule has 2 aromatic rings. The van der Waals surface area contributed by atoms with Gasteiger partial charge in [0.15, 0.2) is 0 Å². The fourth-order valence-corrected chi connectivity index (χ4v) is 2.14. The van der Waals surface area contributed by atoms with Crippen LogP contribution in [0.2, 0.25) is 0 Å². The number of carboxylic acid groups (broad SMARTS) is 1. The number of benzene rings is 1. The fraction of sp³-hybridized carbons (Fsp3) is 0.200. The van der Waals surface area contributed by atoms with Crippen molar-refractivity contribution in [3.8, 4) is 5.75 Å². The van der Waals surface area contributed by atoms with Gasteiger partial charge in [-0.3, -0.25) is 4.79 Å². The van der Waals surface area contributed by atoms with E-state index in [9.17, 15) is 19.8 Å². The quantitative estimate of drug-likeness (QED) is 0.606. The maximum Gasteiger partial charge on any atom is 0.326 e. The van der Waals surface area contributed by atoms with Crippen molar-refractivity contribution >= 4 is 22.8 Å². The normalized spacial score (nSPS) is 12.0. The monoisotopic (exact) mass is 288 g/mol. The molecule has 0 saturated heterocycles.